The van der Waals surface area contributed by atoms with Crippen LogP contribution in [-0.2, 0) is 14.1 Å². The van der Waals surface area contributed by atoms with Crippen molar-refractivity contribution in [3.05, 3.63) is 17.5 Å². The number of hydrogen-bond donors (Lipinski definition) is 1. The van der Waals surface area contributed by atoms with Crippen molar-refractivity contribution in [2.75, 3.05) is 19.0 Å². The molecule has 2 N–H and O–H groups in total. The van der Waals surface area contributed by atoms with Gasteiger partial charge >= 0.3 is 0 Å². The lowest BCUT2D eigenvalue weighted by molar-refractivity contribution is -0.750. The molecule has 2 heterocycles. The Morgan fingerprint density at radius 2 is 2.14 bits per heavy atom. The van der Waals surface area contributed by atoms with Gasteiger partial charge in [-0.3, -0.25) is 4.79 Å². The average molecular weight is 308 g/mol. The molecule has 0 atom stereocenters. The van der Waals surface area contributed by atoms with E-state index in [4.69, 9.17) is 5.73 Å². The highest BCUT2D eigenvalue weighted by atomic mass is 32.1. The monoisotopic (exact) mass is 308 g/mol. The zero-order valence-corrected chi connectivity index (χ0v) is 13.5. The Kier molecular flexibility index (Phi) is 4.03. The molecular formula is C12H18N7OS+. The summed E-state index contributed by atoms with van der Waals surface area (Å²) in [5, 5.41) is 9.94. The molecular weight excluding hydrogens is 290 g/mol. The van der Waals surface area contributed by atoms with Crippen molar-refractivity contribution in [3.8, 4) is 0 Å². The minimum atomic E-state index is -0.532. The van der Waals surface area contributed by atoms with E-state index >= 15 is 0 Å². The molecule has 2 rings (SSSR count). The Balaban J connectivity index is 2.40. The van der Waals surface area contributed by atoms with Crippen molar-refractivity contribution >= 4 is 33.2 Å². The third kappa shape index (κ3) is 2.92. The number of anilines is 1. The molecule has 1 amide bonds. The second-order valence-electron chi connectivity index (χ2n) is 4.81. The zero-order valence-electron chi connectivity index (χ0n) is 12.7. The van der Waals surface area contributed by atoms with E-state index in [1.54, 1.807) is 29.7 Å². The van der Waals surface area contributed by atoms with Gasteiger partial charge in [-0.1, -0.05) is 11.3 Å². The SMILES string of the molecule is Cc1nc(N(C)C)sc1N=Nc1c(C(N)=O)c[n+](C)n1C. The second kappa shape index (κ2) is 5.60. The van der Waals surface area contributed by atoms with Crippen molar-refractivity contribution in [1.82, 2.24) is 9.67 Å². The Labute approximate surface area is 126 Å². The van der Waals surface area contributed by atoms with Gasteiger partial charge in [-0.05, 0) is 6.92 Å². The molecule has 9 heteroatoms. The summed E-state index contributed by atoms with van der Waals surface area (Å²) in [6.45, 7) is 1.87. The van der Waals surface area contributed by atoms with Crippen LogP contribution in [0.3, 0.4) is 0 Å². The molecule has 21 heavy (non-hydrogen) atoms. The number of rotatable bonds is 4. The van der Waals surface area contributed by atoms with Gasteiger partial charge in [-0.25, -0.2) is 4.98 Å². The Bertz CT molecular complexity index is 714. The summed E-state index contributed by atoms with van der Waals surface area (Å²) in [5.41, 5.74) is 6.49. The topological polar surface area (TPSA) is 92.8 Å². The number of carbonyl (C=O) groups is 1. The molecule has 112 valence electrons. The lowest BCUT2D eigenvalue weighted by atomic mass is 10.3. The normalized spacial score (nSPS) is 11.3. The number of carbonyl (C=O) groups excluding carboxylic acids is 1. The minimum Gasteiger partial charge on any atom is -0.365 e. The zero-order chi connectivity index (χ0) is 15.7. The second-order valence-corrected chi connectivity index (χ2v) is 5.77. The highest BCUT2D eigenvalue weighted by molar-refractivity contribution is 7.19. The van der Waals surface area contributed by atoms with Crippen LogP contribution in [0.25, 0.3) is 0 Å². The van der Waals surface area contributed by atoms with Crippen LogP contribution in [0.1, 0.15) is 16.1 Å². The number of azo groups is 1. The molecule has 0 saturated heterocycles. The summed E-state index contributed by atoms with van der Waals surface area (Å²) in [6.07, 6.45) is 1.63. The van der Waals surface area contributed by atoms with E-state index in [0.29, 0.717) is 16.4 Å². The number of aromatic nitrogens is 3. The van der Waals surface area contributed by atoms with Gasteiger partial charge in [0.2, 0.25) is 12.0 Å². The molecule has 0 aliphatic carbocycles. The predicted molar refractivity (Wildman–Crippen MR) is 80.5 cm³/mol. The third-order valence-electron chi connectivity index (χ3n) is 2.98. The van der Waals surface area contributed by atoms with Crippen molar-refractivity contribution in [1.29, 1.82) is 0 Å². The molecule has 0 spiro atoms. The van der Waals surface area contributed by atoms with Gasteiger partial charge in [0.15, 0.2) is 22.7 Å². The Hall–Kier alpha value is -2.29. The van der Waals surface area contributed by atoms with E-state index < -0.39 is 5.91 Å². The molecule has 0 aliphatic heterocycles. The lowest BCUT2D eigenvalue weighted by Crippen LogP contribution is -2.36. The fraction of sp³-hybridized carbons (Fsp3) is 0.417. The van der Waals surface area contributed by atoms with Gasteiger partial charge in [-0.2, -0.15) is 0 Å². The van der Waals surface area contributed by atoms with Crippen LogP contribution >= 0.6 is 11.3 Å². The molecule has 0 unspecified atom stereocenters. The van der Waals surface area contributed by atoms with Crippen LogP contribution in [0.5, 0.6) is 0 Å². The van der Waals surface area contributed by atoms with E-state index in [9.17, 15) is 4.79 Å². The maximum Gasteiger partial charge on any atom is 0.258 e. The van der Waals surface area contributed by atoms with Crippen LogP contribution in [0.15, 0.2) is 16.4 Å². The Morgan fingerprint density at radius 3 is 2.67 bits per heavy atom. The predicted octanol–water partition coefficient (Wildman–Crippen LogP) is 1.19. The average Bonchev–Trinajstić information content (AvgIpc) is 2.90. The van der Waals surface area contributed by atoms with Crippen molar-refractivity contribution in [3.63, 3.8) is 0 Å². The fourth-order valence-corrected chi connectivity index (χ4v) is 2.51. The minimum absolute atomic E-state index is 0.332. The van der Waals surface area contributed by atoms with Gasteiger partial charge in [0.05, 0.1) is 12.7 Å². The summed E-state index contributed by atoms with van der Waals surface area (Å²) >= 11 is 1.44. The summed E-state index contributed by atoms with van der Waals surface area (Å²) < 4.78 is 3.42. The number of thiazole rings is 1. The molecule has 0 saturated carbocycles. The van der Waals surface area contributed by atoms with E-state index in [0.717, 1.165) is 10.8 Å². The van der Waals surface area contributed by atoms with Gasteiger partial charge in [-0.15, -0.1) is 19.6 Å². The number of aryl methyl sites for hydroxylation is 2. The summed E-state index contributed by atoms with van der Waals surface area (Å²) in [6, 6.07) is 0. The van der Waals surface area contributed by atoms with Gasteiger partial charge < -0.3 is 10.6 Å². The Morgan fingerprint density at radius 1 is 1.48 bits per heavy atom. The van der Waals surface area contributed by atoms with Crippen molar-refractivity contribution in [2.24, 2.45) is 30.1 Å². The first-order valence-corrected chi connectivity index (χ1v) is 7.04. The molecule has 0 aliphatic rings. The summed E-state index contributed by atoms with van der Waals surface area (Å²) in [7, 11) is 7.42. The quantitative estimate of drug-likeness (QED) is 0.679. The first kappa shape index (κ1) is 15.1. The number of nitrogens with two attached hydrogens (primary N) is 1. The number of primary amides is 1. The van der Waals surface area contributed by atoms with Crippen molar-refractivity contribution < 1.29 is 9.48 Å². The fourth-order valence-electron chi connectivity index (χ4n) is 1.70. The van der Waals surface area contributed by atoms with E-state index in [-0.39, 0.29) is 0 Å². The van der Waals surface area contributed by atoms with Crippen LogP contribution in [0.4, 0.5) is 16.0 Å². The number of nitrogens with zero attached hydrogens (tertiary/aromatic N) is 6. The van der Waals surface area contributed by atoms with Crippen LogP contribution in [-0.4, -0.2) is 29.7 Å². The van der Waals surface area contributed by atoms with Gasteiger partial charge in [0, 0.05) is 14.1 Å². The maximum absolute atomic E-state index is 11.4. The van der Waals surface area contributed by atoms with Crippen LogP contribution < -0.4 is 15.3 Å². The molecule has 2 aromatic rings. The van der Waals surface area contributed by atoms with Gasteiger partial charge in [0.25, 0.3) is 5.91 Å². The smallest absolute Gasteiger partial charge is 0.258 e. The highest BCUT2D eigenvalue weighted by Crippen LogP contribution is 2.33. The summed E-state index contributed by atoms with van der Waals surface area (Å²) in [5.74, 6) is -0.112. The van der Waals surface area contributed by atoms with E-state index in [1.165, 1.54) is 11.3 Å². The standard InChI is InChI=1S/C12H17N7OS/c1-7-11(21-12(14-7)17(2)3)16-15-10-8(9(13)20)6-18(4)19(10)5/h6H,1-5H3,(H-,13,20)/p+1. The molecule has 0 aromatic carbocycles. The molecule has 0 radical (unpaired) electrons. The van der Waals surface area contributed by atoms with Crippen LogP contribution in [0.2, 0.25) is 0 Å². The number of hydrogen-bond acceptors (Lipinski definition) is 6. The largest absolute Gasteiger partial charge is 0.365 e. The van der Waals surface area contributed by atoms with Crippen LogP contribution in [0, 0.1) is 6.92 Å². The van der Waals surface area contributed by atoms with Gasteiger partial charge in [0.1, 0.15) is 0 Å². The highest BCUT2D eigenvalue weighted by Gasteiger charge is 2.21. The van der Waals surface area contributed by atoms with Crippen molar-refractivity contribution in [2.45, 2.75) is 6.92 Å². The first-order valence-electron chi connectivity index (χ1n) is 6.23. The van der Waals surface area contributed by atoms with E-state index in [1.807, 2.05) is 25.9 Å². The molecule has 0 fully saturated rings. The first-order chi connectivity index (χ1) is 9.81. The third-order valence-corrected chi connectivity index (χ3v) is 4.19. The molecule has 2 aromatic heterocycles. The molecule has 0 bridgehead atoms. The number of amides is 1. The maximum atomic E-state index is 11.4. The molecule has 8 nitrogen and oxygen atoms in total. The lowest BCUT2D eigenvalue weighted by Gasteiger charge is -2.04. The van der Waals surface area contributed by atoms with E-state index in [2.05, 4.69) is 15.2 Å². The summed E-state index contributed by atoms with van der Waals surface area (Å²) in [4.78, 5) is 17.7.